The van der Waals surface area contributed by atoms with Gasteiger partial charge in [-0.05, 0) is 54.6 Å². The predicted molar refractivity (Wildman–Crippen MR) is 117 cm³/mol. The molecule has 30 heavy (non-hydrogen) atoms. The van der Waals surface area contributed by atoms with Gasteiger partial charge in [0.05, 0.1) is 11.9 Å². The number of hydrogen-bond acceptors (Lipinski definition) is 5. The van der Waals surface area contributed by atoms with Crippen LogP contribution in [0.25, 0.3) is 10.8 Å². The molecule has 0 spiro atoms. The summed E-state index contributed by atoms with van der Waals surface area (Å²) in [6.45, 7) is 1.58. The Morgan fingerprint density at radius 3 is 2.63 bits per heavy atom. The molecule has 154 valence electrons. The molecular formula is C23H23ClN4O2. The smallest absolute Gasteiger partial charge is 0.225 e. The Labute approximate surface area is 180 Å². The minimum Gasteiger partial charge on any atom is -0.490 e. The molecule has 0 radical (unpaired) electrons. The van der Waals surface area contributed by atoms with E-state index in [2.05, 4.69) is 15.3 Å². The number of halogens is 1. The van der Waals surface area contributed by atoms with Gasteiger partial charge < -0.3 is 15.0 Å². The van der Waals surface area contributed by atoms with Crippen LogP contribution in [0, 0.1) is 5.92 Å². The molecule has 0 bridgehead atoms. The van der Waals surface area contributed by atoms with E-state index in [1.54, 1.807) is 18.5 Å². The molecule has 1 amide bonds. The fourth-order valence-corrected chi connectivity index (χ4v) is 4.00. The van der Waals surface area contributed by atoms with Crippen molar-refractivity contribution in [3.05, 3.63) is 53.9 Å². The van der Waals surface area contributed by atoms with E-state index < -0.39 is 0 Å². The van der Waals surface area contributed by atoms with Crippen LogP contribution in [0.4, 0.5) is 11.5 Å². The van der Waals surface area contributed by atoms with Crippen molar-refractivity contribution < 1.29 is 9.53 Å². The number of nitrogens with one attached hydrogen (secondary N) is 1. The summed E-state index contributed by atoms with van der Waals surface area (Å²) in [6.07, 6.45) is 7.48. The highest BCUT2D eigenvalue weighted by Gasteiger charge is 2.35. The normalized spacial score (nSPS) is 17.2. The van der Waals surface area contributed by atoms with Gasteiger partial charge in [0.25, 0.3) is 0 Å². The lowest BCUT2D eigenvalue weighted by Crippen LogP contribution is -2.42. The van der Waals surface area contributed by atoms with Gasteiger partial charge in [0.2, 0.25) is 5.91 Å². The highest BCUT2D eigenvalue weighted by atomic mass is 35.5. The van der Waals surface area contributed by atoms with Crippen molar-refractivity contribution in [2.75, 3.05) is 18.4 Å². The molecule has 1 aliphatic heterocycles. The lowest BCUT2D eigenvalue weighted by molar-refractivity contribution is -0.134. The number of pyridine rings is 2. The van der Waals surface area contributed by atoms with E-state index in [1.165, 1.54) is 0 Å². The van der Waals surface area contributed by atoms with Gasteiger partial charge in [-0.3, -0.25) is 4.79 Å². The van der Waals surface area contributed by atoms with Crippen LogP contribution >= 0.6 is 11.6 Å². The Bertz CT molecular complexity index is 1060. The first-order valence-electron chi connectivity index (χ1n) is 10.4. The fourth-order valence-electron chi connectivity index (χ4n) is 3.89. The third-order valence-corrected chi connectivity index (χ3v) is 5.93. The van der Waals surface area contributed by atoms with Crippen LogP contribution in [-0.2, 0) is 4.79 Å². The number of benzene rings is 1. The number of likely N-dealkylation sites (tertiary alicyclic amines) is 1. The van der Waals surface area contributed by atoms with Gasteiger partial charge in [-0.1, -0.05) is 11.6 Å². The average molecular weight is 423 g/mol. The van der Waals surface area contributed by atoms with E-state index in [9.17, 15) is 4.79 Å². The van der Waals surface area contributed by atoms with Crippen LogP contribution in [0.2, 0.25) is 5.15 Å². The molecule has 0 atom stereocenters. The zero-order valence-corrected chi connectivity index (χ0v) is 17.3. The quantitative estimate of drug-likeness (QED) is 0.598. The number of hydrogen-bond donors (Lipinski definition) is 1. The molecule has 5 rings (SSSR count). The summed E-state index contributed by atoms with van der Waals surface area (Å²) >= 11 is 5.86. The second kappa shape index (κ2) is 8.11. The van der Waals surface area contributed by atoms with Gasteiger partial charge in [0.15, 0.2) is 0 Å². The first-order chi connectivity index (χ1) is 14.7. The molecule has 0 unspecified atom stereocenters. The van der Waals surface area contributed by atoms with Gasteiger partial charge in [0.1, 0.15) is 22.8 Å². The molecule has 2 fully saturated rings. The summed E-state index contributed by atoms with van der Waals surface area (Å²) in [4.78, 5) is 22.8. The second-order valence-electron chi connectivity index (χ2n) is 7.95. The van der Waals surface area contributed by atoms with E-state index in [0.717, 1.165) is 66.8 Å². The van der Waals surface area contributed by atoms with E-state index >= 15 is 0 Å². The Morgan fingerprint density at radius 2 is 1.90 bits per heavy atom. The standard InChI is InChI=1S/C23H23ClN4O2/c24-21-6-3-17(14-26-21)27-22-20-5-4-19(13-16(20)7-10-25-22)30-18-8-11-28(12-9-18)23(29)15-1-2-15/h3-7,10,13-15,18H,1-2,8-9,11-12H2,(H,25,27). The summed E-state index contributed by atoms with van der Waals surface area (Å²) < 4.78 is 6.24. The van der Waals surface area contributed by atoms with Crippen LogP contribution in [-0.4, -0.2) is 40.0 Å². The van der Waals surface area contributed by atoms with Gasteiger partial charge in [-0.15, -0.1) is 0 Å². The minimum atomic E-state index is 0.144. The number of rotatable bonds is 5. The number of ether oxygens (including phenoxy) is 1. The van der Waals surface area contributed by atoms with Crippen LogP contribution < -0.4 is 10.1 Å². The number of fused-ring (bicyclic) bond motifs is 1. The maximum atomic E-state index is 12.2. The first kappa shape index (κ1) is 19.1. The van der Waals surface area contributed by atoms with Crippen molar-refractivity contribution in [3.63, 3.8) is 0 Å². The number of piperidine rings is 1. The third kappa shape index (κ3) is 4.19. The van der Waals surface area contributed by atoms with Crippen LogP contribution in [0.15, 0.2) is 48.8 Å². The van der Waals surface area contributed by atoms with E-state index in [0.29, 0.717) is 17.0 Å². The molecule has 6 nitrogen and oxygen atoms in total. The van der Waals surface area contributed by atoms with Crippen molar-refractivity contribution >= 4 is 39.8 Å². The van der Waals surface area contributed by atoms with Gasteiger partial charge >= 0.3 is 0 Å². The Morgan fingerprint density at radius 1 is 1.07 bits per heavy atom. The molecule has 2 aliphatic rings. The summed E-state index contributed by atoms with van der Waals surface area (Å²) in [6, 6.07) is 11.6. The molecule has 1 saturated carbocycles. The number of carbonyl (C=O) groups excluding carboxylic acids is 1. The summed E-state index contributed by atoms with van der Waals surface area (Å²) in [7, 11) is 0. The predicted octanol–water partition coefficient (Wildman–Crippen LogP) is 4.81. The van der Waals surface area contributed by atoms with Gasteiger partial charge in [0, 0.05) is 43.4 Å². The first-order valence-corrected chi connectivity index (χ1v) is 10.8. The Hall–Kier alpha value is -2.86. The number of anilines is 2. The van der Waals surface area contributed by atoms with Gasteiger partial charge in [-0.25, -0.2) is 9.97 Å². The van der Waals surface area contributed by atoms with Crippen molar-refractivity contribution in [2.45, 2.75) is 31.8 Å². The Balaban J connectivity index is 1.26. The Kier molecular flexibility index (Phi) is 5.17. The molecule has 1 N–H and O–H groups in total. The lowest BCUT2D eigenvalue weighted by atomic mass is 10.1. The zero-order chi connectivity index (χ0) is 20.5. The van der Waals surface area contributed by atoms with Crippen LogP contribution in [0.3, 0.4) is 0 Å². The van der Waals surface area contributed by atoms with E-state index in [4.69, 9.17) is 16.3 Å². The lowest BCUT2D eigenvalue weighted by Gasteiger charge is -2.32. The zero-order valence-electron chi connectivity index (χ0n) is 16.6. The van der Waals surface area contributed by atoms with Crippen molar-refractivity contribution in [2.24, 2.45) is 5.92 Å². The maximum absolute atomic E-state index is 12.2. The fraction of sp³-hybridized carbons (Fsp3) is 0.348. The molecule has 7 heteroatoms. The molecule has 1 saturated heterocycles. The number of carbonyl (C=O) groups is 1. The van der Waals surface area contributed by atoms with Gasteiger partial charge in [-0.2, -0.15) is 0 Å². The summed E-state index contributed by atoms with van der Waals surface area (Å²) in [5.74, 6) is 2.24. The maximum Gasteiger partial charge on any atom is 0.225 e. The van der Waals surface area contributed by atoms with Crippen LogP contribution in [0.5, 0.6) is 5.75 Å². The summed E-state index contributed by atoms with van der Waals surface area (Å²) in [5.41, 5.74) is 0.826. The molecule has 3 heterocycles. The number of aromatic nitrogens is 2. The van der Waals surface area contributed by atoms with Crippen LogP contribution in [0.1, 0.15) is 25.7 Å². The highest BCUT2D eigenvalue weighted by molar-refractivity contribution is 6.29. The largest absolute Gasteiger partial charge is 0.490 e. The van der Waals surface area contributed by atoms with Crippen molar-refractivity contribution in [3.8, 4) is 5.75 Å². The third-order valence-electron chi connectivity index (χ3n) is 5.71. The van der Waals surface area contributed by atoms with Crippen molar-refractivity contribution in [1.82, 2.24) is 14.9 Å². The molecular weight excluding hydrogens is 400 g/mol. The second-order valence-corrected chi connectivity index (χ2v) is 8.34. The molecule has 1 aliphatic carbocycles. The summed E-state index contributed by atoms with van der Waals surface area (Å²) in [5, 5.41) is 5.80. The molecule has 2 aromatic heterocycles. The van der Waals surface area contributed by atoms with E-state index in [1.807, 2.05) is 35.2 Å². The van der Waals surface area contributed by atoms with E-state index in [-0.39, 0.29) is 6.10 Å². The molecule has 1 aromatic carbocycles. The number of amides is 1. The minimum absolute atomic E-state index is 0.144. The van der Waals surface area contributed by atoms with Crippen molar-refractivity contribution in [1.29, 1.82) is 0 Å². The SMILES string of the molecule is O=C(C1CC1)N1CCC(Oc2ccc3c(Nc4ccc(Cl)nc4)nccc3c2)CC1. The molecule has 3 aromatic rings. The highest BCUT2D eigenvalue weighted by Crippen LogP contribution is 2.33. The topological polar surface area (TPSA) is 67.3 Å². The average Bonchev–Trinajstić information content (AvgIpc) is 3.61. The number of nitrogens with zero attached hydrogens (tertiary/aromatic N) is 3. The monoisotopic (exact) mass is 422 g/mol.